The predicted molar refractivity (Wildman–Crippen MR) is 85.6 cm³/mol. The Hall–Kier alpha value is -1.38. The maximum Gasteiger partial charge on any atom is 0.0345 e. The lowest BCUT2D eigenvalue weighted by molar-refractivity contribution is 0.337. The molecule has 0 fully saturated rings. The van der Waals surface area contributed by atoms with E-state index in [1.165, 1.54) is 16.0 Å². The molecule has 0 aliphatic rings. The molecule has 0 bridgehead atoms. The van der Waals surface area contributed by atoms with Gasteiger partial charge in [0, 0.05) is 11.4 Å². The van der Waals surface area contributed by atoms with Crippen molar-refractivity contribution < 1.29 is 0 Å². The minimum Gasteiger partial charge on any atom is -0.300 e. The van der Waals surface area contributed by atoms with E-state index in [1.807, 2.05) is 0 Å². The van der Waals surface area contributed by atoms with Crippen LogP contribution in [0.3, 0.4) is 0 Å². The van der Waals surface area contributed by atoms with Gasteiger partial charge in [-0.25, -0.2) is 0 Å². The summed E-state index contributed by atoms with van der Waals surface area (Å²) in [6.45, 7) is 7.63. The van der Waals surface area contributed by atoms with E-state index in [0.717, 1.165) is 19.6 Å². The molecule has 0 N–H and O–H groups in total. The summed E-state index contributed by atoms with van der Waals surface area (Å²) in [5, 5.41) is 2.14. The average molecular weight is 271 g/mol. The third kappa shape index (κ3) is 3.79. The van der Waals surface area contributed by atoms with Gasteiger partial charge in [-0.15, -0.1) is 11.3 Å². The van der Waals surface area contributed by atoms with Gasteiger partial charge in [-0.3, -0.25) is 0 Å². The number of hydrogen-bond donors (Lipinski definition) is 0. The first kappa shape index (κ1) is 14.0. The van der Waals surface area contributed by atoms with Crippen LogP contribution >= 0.6 is 11.3 Å². The molecular weight excluding hydrogens is 250 g/mol. The van der Waals surface area contributed by atoms with Crippen LogP contribution in [0.25, 0.3) is 5.57 Å². The van der Waals surface area contributed by atoms with Crippen LogP contribution in [0, 0.1) is 0 Å². The number of benzene rings is 1. The molecule has 0 spiro atoms. The normalized spacial score (nSPS) is 12.1. The molecule has 2 rings (SSSR count). The van der Waals surface area contributed by atoms with Crippen molar-refractivity contribution in [1.29, 1.82) is 0 Å². The molecule has 1 nitrogen and oxygen atoms in total. The fourth-order valence-electron chi connectivity index (χ4n) is 2.11. The summed E-state index contributed by atoms with van der Waals surface area (Å²) in [6, 6.07) is 15.0. The van der Waals surface area contributed by atoms with Gasteiger partial charge in [0.2, 0.25) is 0 Å². The molecule has 0 atom stereocenters. The smallest absolute Gasteiger partial charge is 0.0345 e. The summed E-state index contributed by atoms with van der Waals surface area (Å²) < 4.78 is 0. The van der Waals surface area contributed by atoms with Crippen molar-refractivity contribution >= 4 is 16.9 Å². The Morgan fingerprint density at radius 3 is 2.37 bits per heavy atom. The van der Waals surface area contributed by atoms with Gasteiger partial charge in [-0.1, -0.05) is 56.3 Å². The van der Waals surface area contributed by atoms with E-state index in [0.29, 0.717) is 0 Å². The quantitative estimate of drug-likeness (QED) is 0.746. The number of nitrogens with zero attached hydrogens (tertiary/aromatic N) is 1. The molecule has 0 unspecified atom stereocenters. The lowest BCUT2D eigenvalue weighted by Crippen LogP contribution is -2.22. The van der Waals surface area contributed by atoms with Crippen LogP contribution in [0.1, 0.15) is 24.3 Å². The van der Waals surface area contributed by atoms with Gasteiger partial charge in [0.05, 0.1) is 0 Å². The third-order valence-electron chi connectivity index (χ3n) is 3.32. The average Bonchev–Trinajstić information content (AvgIpc) is 2.99. The zero-order valence-corrected chi connectivity index (χ0v) is 12.5. The molecule has 1 aromatic heterocycles. The summed E-state index contributed by atoms with van der Waals surface area (Å²) >= 11 is 1.81. The minimum absolute atomic E-state index is 1.01. The van der Waals surface area contributed by atoms with Crippen LogP contribution in [0.15, 0.2) is 53.9 Å². The van der Waals surface area contributed by atoms with Gasteiger partial charge < -0.3 is 4.90 Å². The number of likely N-dealkylation sites (N-methyl/N-ethyl adjacent to an activating group) is 1. The van der Waals surface area contributed by atoms with Gasteiger partial charge >= 0.3 is 0 Å². The van der Waals surface area contributed by atoms with Crippen molar-refractivity contribution in [3.05, 3.63) is 64.4 Å². The molecule has 19 heavy (non-hydrogen) atoms. The Bertz CT molecular complexity index is 495. The van der Waals surface area contributed by atoms with Crippen molar-refractivity contribution in [3.63, 3.8) is 0 Å². The number of hydrogen-bond acceptors (Lipinski definition) is 2. The van der Waals surface area contributed by atoms with Gasteiger partial charge in [0.15, 0.2) is 0 Å². The van der Waals surface area contributed by atoms with E-state index in [4.69, 9.17) is 0 Å². The Kier molecular flexibility index (Phi) is 5.37. The lowest BCUT2D eigenvalue weighted by Gasteiger charge is -2.16. The first-order valence-corrected chi connectivity index (χ1v) is 7.75. The van der Waals surface area contributed by atoms with E-state index in [1.54, 1.807) is 11.3 Å². The standard InChI is InChI=1S/C17H21NS/c1-3-18(4-2)13-12-16(17-11-8-14-19-17)15-9-6-5-7-10-15/h5-12,14H,3-4,13H2,1-2H3/b16-12+. The third-order valence-corrected chi connectivity index (χ3v) is 4.22. The highest BCUT2D eigenvalue weighted by Gasteiger charge is 2.06. The van der Waals surface area contributed by atoms with Crippen molar-refractivity contribution in [3.8, 4) is 0 Å². The summed E-state index contributed by atoms with van der Waals surface area (Å²) in [5.41, 5.74) is 2.65. The first-order chi connectivity index (χ1) is 9.35. The van der Waals surface area contributed by atoms with E-state index >= 15 is 0 Å². The Morgan fingerprint density at radius 1 is 1.05 bits per heavy atom. The van der Waals surface area contributed by atoms with Gasteiger partial charge in [-0.2, -0.15) is 0 Å². The van der Waals surface area contributed by atoms with E-state index in [-0.39, 0.29) is 0 Å². The summed E-state index contributed by atoms with van der Waals surface area (Å²) in [6.07, 6.45) is 2.36. The zero-order valence-electron chi connectivity index (χ0n) is 11.7. The number of rotatable bonds is 6. The molecule has 0 aliphatic carbocycles. The summed E-state index contributed by atoms with van der Waals surface area (Å²) in [5.74, 6) is 0. The topological polar surface area (TPSA) is 3.24 Å². The van der Waals surface area contributed by atoms with E-state index in [2.05, 4.69) is 72.7 Å². The monoisotopic (exact) mass is 271 g/mol. The van der Waals surface area contributed by atoms with Gasteiger partial charge in [0.1, 0.15) is 0 Å². The Morgan fingerprint density at radius 2 is 1.79 bits per heavy atom. The fourth-order valence-corrected chi connectivity index (χ4v) is 2.90. The molecule has 1 heterocycles. The summed E-state index contributed by atoms with van der Waals surface area (Å²) in [7, 11) is 0. The van der Waals surface area contributed by atoms with Gasteiger partial charge in [0.25, 0.3) is 0 Å². The van der Waals surface area contributed by atoms with Crippen molar-refractivity contribution in [2.75, 3.05) is 19.6 Å². The molecular formula is C17H21NS. The lowest BCUT2D eigenvalue weighted by atomic mass is 10.0. The van der Waals surface area contributed by atoms with Crippen molar-refractivity contribution in [2.24, 2.45) is 0 Å². The maximum atomic E-state index is 2.43. The molecule has 0 aliphatic heterocycles. The van der Waals surface area contributed by atoms with Gasteiger partial charge in [-0.05, 0) is 35.7 Å². The first-order valence-electron chi connectivity index (χ1n) is 6.87. The second kappa shape index (κ2) is 7.27. The van der Waals surface area contributed by atoms with Crippen LogP contribution in [-0.2, 0) is 0 Å². The second-order valence-electron chi connectivity index (χ2n) is 4.45. The SMILES string of the molecule is CCN(CC)C/C=C(\c1ccccc1)c1cccs1. The van der Waals surface area contributed by atoms with Crippen molar-refractivity contribution in [2.45, 2.75) is 13.8 Å². The van der Waals surface area contributed by atoms with Crippen LogP contribution in [0.2, 0.25) is 0 Å². The highest BCUT2D eigenvalue weighted by molar-refractivity contribution is 7.11. The van der Waals surface area contributed by atoms with Crippen LogP contribution < -0.4 is 0 Å². The molecule has 2 aromatic rings. The van der Waals surface area contributed by atoms with Crippen LogP contribution in [0.4, 0.5) is 0 Å². The fraction of sp³-hybridized carbons (Fsp3) is 0.294. The molecule has 2 heteroatoms. The molecule has 1 aromatic carbocycles. The highest BCUT2D eigenvalue weighted by atomic mass is 32.1. The highest BCUT2D eigenvalue weighted by Crippen LogP contribution is 2.27. The zero-order chi connectivity index (χ0) is 13.5. The molecule has 0 radical (unpaired) electrons. The predicted octanol–water partition coefficient (Wildman–Crippen LogP) is 4.52. The second-order valence-corrected chi connectivity index (χ2v) is 5.39. The van der Waals surface area contributed by atoms with Crippen LogP contribution in [0.5, 0.6) is 0 Å². The van der Waals surface area contributed by atoms with Crippen LogP contribution in [-0.4, -0.2) is 24.5 Å². The van der Waals surface area contributed by atoms with E-state index in [9.17, 15) is 0 Å². The molecule has 0 amide bonds. The van der Waals surface area contributed by atoms with Crippen molar-refractivity contribution in [1.82, 2.24) is 4.90 Å². The maximum absolute atomic E-state index is 2.43. The minimum atomic E-state index is 1.01. The number of thiophene rings is 1. The molecule has 0 saturated heterocycles. The Balaban J connectivity index is 2.28. The molecule has 0 saturated carbocycles. The largest absolute Gasteiger partial charge is 0.300 e. The van der Waals surface area contributed by atoms with E-state index < -0.39 is 0 Å². The summed E-state index contributed by atoms with van der Waals surface area (Å²) in [4.78, 5) is 3.77. The Labute approximate surface area is 120 Å². The molecule has 100 valence electrons.